The first-order valence-electron chi connectivity index (χ1n) is 9.83. The van der Waals surface area contributed by atoms with Crippen LogP contribution in [0.15, 0.2) is 48.8 Å². The van der Waals surface area contributed by atoms with Crippen LogP contribution in [0.25, 0.3) is 11.1 Å². The number of carbonyl (C=O) groups is 1. The van der Waals surface area contributed by atoms with Gasteiger partial charge in [-0.1, -0.05) is 50.3 Å². The number of nitrogens with zero attached hydrogens (tertiary/aromatic N) is 1. The summed E-state index contributed by atoms with van der Waals surface area (Å²) < 4.78 is 0. The van der Waals surface area contributed by atoms with Gasteiger partial charge in [0.1, 0.15) is 0 Å². The van der Waals surface area contributed by atoms with E-state index in [9.17, 15) is 4.79 Å². The molecule has 1 aromatic heterocycles. The minimum Gasteiger partial charge on any atom is -0.326 e. The Bertz CT molecular complexity index is 750. The molecule has 1 saturated heterocycles. The predicted molar refractivity (Wildman–Crippen MR) is 119 cm³/mol. The van der Waals surface area contributed by atoms with Crippen molar-refractivity contribution in [2.75, 3.05) is 18.4 Å². The van der Waals surface area contributed by atoms with Crippen LogP contribution in [0.4, 0.5) is 5.69 Å². The molecule has 1 saturated carbocycles. The van der Waals surface area contributed by atoms with Crippen LogP contribution >= 0.6 is 24.8 Å². The third kappa shape index (κ3) is 5.25. The van der Waals surface area contributed by atoms with Gasteiger partial charge in [-0.05, 0) is 42.1 Å². The average molecular weight is 422 g/mol. The number of anilines is 1. The molecule has 0 bridgehead atoms. The highest BCUT2D eigenvalue weighted by Crippen LogP contribution is 2.36. The molecule has 0 unspecified atom stereocenters. The van der Waals surface area contributed by atoms with Crippen LogP contribution in [0.3, 0.4) is 0 Å². The molecular weight excluding hydrogens is 393 g/mol. The Morgan fingerprint density at radius 1 is 1.00 bits per heavy atom. The van der Waals surface area contributed by atoms with Crippen molar-refractivity contribution in [1.29, 1.82) is 0 Å². The normalized spacial score (nSPS) is 22.0. The fourth-order valence-corrected chi connectivity index (χ4v) is 4.59. The van der Waals surface area contributed by atoms with Gasteiger partial charge in [-0.2, -0.15) is 0 Å². The van der Waals surface area contributed by atoms with Gasteiger partial charge in [0, 0.05) is 30.2 Å². The van der Waals surface area contributed by atoms with Crippen molar-refractivity contribution in [2.45, 2.75) is 32.1 Å². The zero-order chi connectivity index (χ0) is 17.8. The highest BCUT2D eigenvalue weighted by Gasteiger charge is 2.38. The molecule has 1 aliphatic carbocycles. The molecule has 28 heavy (non-hydrogen) atoms. The van der Waals surface area contributed by atoms with E-state index in [-0.39, 0.29) is 36.6 Å². The van der Waals surface area contributed by atoms with Crippen molar-refractivity contribution in [3.8, 4) is 11.1 Å². The molecule has 2 heterocycles. The van der Waals surface area contributed by atoms with Crippen molar-refractivity contribution < 1.29 is 4.79 Å². The molecule has 1 amide bonds. The lowest BCUT2D eigenvalue weighted by Crippen LogP contribution is -2.33. The molecule has 6 heteroatoms. The average Bonchev–Trinajstić information content (AvgIpc) is 3.20. The van der Waals surface area contributed by atoms with E-state index < -0.39 is 0 Å². The number of carbonyl (C=O) groups excluding carboxylic acids is 1. The highest BCUT2D eigenvalue weighted by molar-refractivity contribution is 5.93. The molecule has 0 spiro atoms. The van der Waals surface area contributed by atoms with Crippen LogP contribution in [-0.2, 0) is 4.79 Å². The van der Waals surface area contributed by atoms with E-state index in [1.807, 2.05) is 36.5 Å². The Kier molecular flexibility index (Phi) is 8.74. The van der Waals surface area contributed by atoms with Gasteiger partial charge in [-0.15, -0.1) is 24.8 Å². The summed E-state index contributed by atoms with van der Waals surface area (Å²) in [6.45, 7) is 1.79. The lowest BCUT2D eigenvalue weighted by Gasteiger charge is -2.30. The minimum absolute atomic E-state index is 0. The molecule has 0 radical (unpaired) electrons. The molecule has 2 atom stereocenters. The Balaban J connectivity index is 0.00000140. The van der Waals surface area contributed by atoms with Gasteiger partial charge in [0.2, 0.25) is 5.91 Å². The summed E-state index contributed by atoms with van der Waals surface area (Å²) in [7, 11) is 0. The Morgan fingerprint density at radius 3 is 2.54 bits per heavy atom. The van der Waals surface area contributed by atoms with E-state index in [4.69, 9.17) is 0 Å². The molecule has 2 fully saturated rings. The SMILES string of the molecule is Cl.Cl.O=C(Nc1cccc(-c2cccnc2)c1)[C@@H]1CNC[C@H]1C1CCCCC1. The van der Waals surface area contributed by atoms with Crippen molar-refractivity contribution >= 4 is 36.4 Å². The van der Waals surface area contributed by atoms with Crippen molar-refractivity contribution in [3.05, 3.63) is 48.8 Å². The third-order valence-corrected chi connectivity index (χ3v) is 5.98. The van der Waals surface area contributed by atoms with Gasteiger partial charge in [-0.25, -0.2) is 0 Å². The number of amides is 1. The molecule has 4 nitrogen and oxygen atoms in total. The van der Waals surface area contributed by atoms with Gasteiger partial charge >= 0.3 is 0 Å². The highest BCUT2D eigenvalue weighted by atomic mass is 35.5. The maximum Gasteiger partial charge on any atom is 0.229 e. The molecule has 2 N–H and O–H groups in total. The molecule has 2 aliphatic rings. The van der Waals surface area contributed by atoms with Crippen LogP contribution in [0.2, 0.25) is 0 Å². The monoisotopic (exact) mass is 421 g/mol. The predicted octanol–water partition coefficient (Wildman–Crippen LogP) is 4.95. The molecule has 2 aromatic rings. The molecule has 152 valence electrons. The van der Waals surface area contributed by atoms with Crippen molar-refractivity contribution in [2.24, 2.45) is 17.8 Å². The van der Waals surface area contributed by atoms with Gasteiger partial charge in [0.05, 0.1) is 5.92 Å². The molecule has 1 aromatic carbocycles. The maximum absolute atomic E-state index is 13.0. The summed E-state index contributed by atoms with van der Waals surface area (Å²) in [6, 6.07) is 12.0. The third-order valence-electron chi connectivity index (χ3n) is 5.98. The fraction of sp³-hybridized carbons (Fsp3) is 0.455. The van der Waals surface area contributed by atoms with E-state index in [0.29, 0.717) is 11.8 Å². The number of pyridine rings is 1. The van der Waals surface area contributed by atoms with E-state index >= 15 is 0 Å². The largest absolute Gasteiger partial charge is 0.326 e. The first-order valence-corrected chi connectivity index (χ1v) is 9.83. The number of halogens is 2. The molecule has 1 aliphatic heterocycles. The first-order chi connectivity index (χ1) is 12.8. The van der Waals surface area contributed by atoms with Gasteiger partial charge in [-0.3, -0.25) is 9.78 Å². The van der Waals surface area contributed by atoms with Crippen LogP contribution in [0, 0.1) is 17.8 Å². The summed E-state index contributed by atoms with van der Waals surface area (Å²) in [5.41, 5.74) is 3.00. The zero-order valence-electron chi connectivity index (χ0n) is 16.0. The Morgan fingerprint density at radius 2 is 1.79 bits per heavy atom. The van der Waals surface area contributed by atoms with Crippen molar-refractivity contribution in [1.82, 2.24) is 10.3 Å². The van der Waals surface area contributed by atoms with Crippen LogP contribution in [0.5, 0.6) is 0 Å². The number of benzene rings is 1. The first kappa shape index (κ1) is 22.7. The molecule has 4 rings (SSSR count). The number of hydrogen-bond acceptors (Lipinski definition) is 3. The smallest absolute Gasteiger partial charge is 0.229 e. The summed E-state index contributed by atoms with van der Waals surface area (Å²) >= 11 is 0. The van der Waals surface area contributed by atoms with Crippen LogP contribution < -0.4 is 10.6 Å². The number of rotatable bonds is 4. The second-order valence-electron chi connectivity index (χ2n) is 7.64. The quantitative estimate of drug-likeness (QED) is 0.734. The lowest BCUT2D eigenvalue weighted by molar-refractivity contribution is -0.121. The minimum atomic E-state index is 0. The van der Waals surface area contributed by atoms with E-state index in [0.717, 1.165) is 29.9 Å². The Hall–Kier alpha value is -1.62. The number of nitrogens with one attached hydrogen (secondary N) is 2. The summed E-state index contributed by atoms with van der Waals surface area (Å²) in [5.74, 6) is 1.43. The second-order valence-corrected chi connectivity index (χ2v) is 7.64. The summed E-state index contributed by atoms with van der Waals surface area (Å²) in [6.07, 6.45) is 10.2. The standard InChI is InChI=1S/C22H27N3O.2ClH/c26-22(21-15-24-14-20(21)16-6-2-1-3-7-16)25-19-10-4-8-17(12-19)18-9-5-11-23-13-18;;/h4-5,8-13,16,20-21,24H,1-3,6-7,14-15H2,(H,25,26);2*1H/t20-,21+;;/m0../s1. The van der Waals surface area contributed by atoms with E-state index in [1.165, 1.54) is 32.1 Å². The topological polar surface area (TPSA) is 54.0 Å². The number of hydrogen-bond donors (Lipinski definition) is 2. The second kappa shape index (κ2) is 10.8. The summed E-state index contributed by atoms with van der Waals surface area (Å²) in [5, 5.41) is 6.62. The van der Waals surface area contributed by atoms with Gasteiger partial charge in [0.25, 0.3) is 0 Å². The van der Waals surface area contributed by atoms with Gasteiger partial charge < -0.3 is 10.6 Å². The van der Waals surface area contributed by atoms with Crippen LogP contribution in [-0.4, -0.2) is 24.0 Å². The van der Waals surface area contributed by atoms with Gasteiger partial charge in [0.15, 0.2) is 0 Å². The fourth-order valence-electron chi connectivity index (χ4n) is 4.59. The Labute approximate surface area is 179 Å². The zero-order valence-corrected chi connectivity index (χ0v) is 17.6. The summed E-state index contributed by atoms with van der Waals surface area (Å²) in [4.78, 5) is 17.1. The van der Waals surface area contributed by atoms with E-state index in [1.54, 1.807) is 6.20 Å². The lowest BCUT2D eigenvalue weighted by atomic mass is 9.75. The maximum atomic E-state index is 13.0. The molecular formula is C22H29Cl2N3O. The van der Waals surface area contributed by atoms with Crippen LogP contribution in [0.1, 0.15) is 32.1 Å². The van der Waals surface area contributed by atoms with E-state index in [2.05, 4.69) is 21.7 Å². The number of aromatic nitrogens is 1. The van der Waals surface area contributed by atoms with Crippen molar-refractivity contribution in [3.63, 3.8) is 0 Å².